The Kier molecular flexibility index (Phi) is 7.95. The maximum atomic E-state index is 14.0. The van der Waals surface area contributed by atoms with Gasteiger partial charge < -0.3 is 14.7 Å². The molecule has 0 radical (unpaired) electrons. The molecular formula is C27H32ClF2N3O2. The van der Waals surface area contributed by atoms with Crippen LogP contribution in [0.1, 0.15) is 52.8 Å². The summed E-state index contributed by atoms with van der Waals surface area (Å²) in [6.07, 6.45) is 4.99. The average Bonchev–Trinajstić information content (AvgIpc) is 2.84. The van der Waals surface area contributed by atoms with Crippen LogP contribution in [0.5, 0.6) is 0 Å². The zero-order chi connectivity index (χ0) is 25.1. The molecule has 2 aliphatic heterocycles. The van der Waals surface area contributed by atoms with Crippen LogP contribution in [-0.4, -0.2) is 61.9 Å². The lowest BCUT2D eigenvalue weighted by molar-refractivity contribution is 0.0666. The highest BCUT2D eigenvalue weighted by molar-refractivity contribution is 6.34. The lowest BCUT2D eigenvalue weighted by atomic mass is 9.82. The van der Waals surface area contributed by atoms with Crippen molar-refractivity contribution in [2.45, 2.75) is 32.1 Å². The van der Waals surface area contributed by atoms with Gasteiger partial charge in [0, 0.05) is 46.0 Å². The Hall–Kier alpha value is -2.67. The third kappa shape index (κ3) is 5.77. The Balaban J connectivity index is 1.25. The monoisotopic (exact) mass is 503 g/mol. The van der Waals surface area contributed by atoms with Crippen LogP contribution >= 0.6 is 11.6 Å². The number of hydrogen-bond donors (Lipinski definition) is 0. The number of halogens is 3. The molecular weight excluding hydrogens is 472 g/mol. The summed E-state index contributed by atoms with van der Waals surface area (Å²) in [7, 11) is 3.42. The summed E-state index contributed by atoms with van der Waals surface area (Å²) < 4.78 is 28.0. The first-order valence-electron chi connectivity index (χ1n) is 12.2. The van der Waals surface area contributed by atoms with Gasteiger partial charge in [-0.3, -0.25) is 9.59 Å². The van der Waals surface area contributed by atoms with E-state index >= 15 is 0 Å². The van der Waals surface area contributed by atoms with Gasteiger partial charge in [-0.05, 0) is 74.3 Å². The topological polar surface area (TPSA) is 43.9 Å². The third-order valence-corrected chi connectivity index (χ3v) is 7.63. The van der Waals surface area contributed by atoms with Gasteiger partial charge in [-0.25, -0.2) is 8.78 Å². The van der Waals surface area contributed by atoms with Crippen LogP contribution in [0.15, 0.2) is 36.4 Å². The molecule has 0 saturated carbocycles. The fraction of sp³-hybridized carbons (Fsp3) is 0.481. The molecule has 0 aliphatic carbocycles. The van der Waals surface area contributed by atoms with Gasteiger partial charge in [0.2, 0.25) is 0 Å². The van der Waals surface area contributed by atoms with Crippen molar-refractivity contribution in [2.24, 2.45) is 11.8 Å². The quantitative estimate of drug-likeness (QED) is 0.542. The van der Waals surface area contributed by atoms with E-state index in [0.717, 1.165) is 63.0 Å². The SMILES string of the molecule is CN(C)C(=O)c1ccc(N2CCC(CC3CCN(C(=O)c4c(F)cccc4F)CC3)CC2)cc1Cl. The molecule has 0 bridgehead atoms. The summed E-state index contributed by atoms with van der Waals surface area (Å²) in [5.41, 5.74) is 1.10. The predicted octanol–water partition coefficient (Wildman–Crippen LogP) is 5.48. The number of hydrogen-bond acceptors (Lipinski definition) is 3. The molecule has 0 aromatic heterocycles. The number of piperidine rings is 2. The summed E-state index contributed by atoms with van der Waals surface area (Å²) in [4.78, 5) is 30.3. The van der Waals surface area contributed by atoms with E-state index in [9.17, 15) is 18.4 Å². The number of benzene rings is 2. The van der Waals surface area contributed by atoms with Crippen LogP contribution < -0.4 is 4.90 Å². The van der Waals surface area contributed by atoms with Gasteiger partial charge in [-0.1, -0.05) is 17.7 Å². The predicted molar refractivity (Wildman–Crippen MR) is 134 cm³/mol. The van der Waals surface area contributed by atoms with Crippen molar-refractivity contribution in [3.8, 4) is 0 Å². The van der Waals surface area contributed by atoms with Crippen molar-refractivity contribution in [1.82, 2.24) is 9.80 Å². The minimum absolute atomic E-state index is 0.105. The molecule has 2 saturated heterocycles. The third-order valence-electron chi connectivity index (χ3n) is 7.31. The fourth-order valence-electron chi connectivity index (χ4n) is 5.25. The second kappa shape index (κ2) is 10.9. The van der Waals surface area contributed by atoms with Crippen LogP contribution in [0.3, 0.4) is 0 Å². The number of anilines is 1. The van der Waals surface area contributed by atoms with Crippen molar-refractivity contribution in [3.05, 3.63) is 64.2 Å². The van der Waals surface area contributed by atoms with Crippen molar-refractivity contribution in [3.63, 3.8) is 0 Å². The maximum absolute atomic E-state index is 14.0. The van der Waals surface area contributed by atoms with E-state index in [1.165, 1.54) is 11.0 Å². The second-order valence-electron chi connectivity index (χ2n) is 9.86. The van der Waals surface area contributed by atoms with E-state index in [1.54, 1.807) is 25.1 Å². The maximum Gasteiger partial charge on any atom is 0.259 e. The van der Waals surface area contributed by atoms with Gasteiger partial charge >= 0.3 is 0 Å². The van der Waals surface area contributed by atoms with E-state index in [2.05, 4.69) is 4.90 Å². The summed E-state index contributed by atoms with van der Waals surface area (Å²) in [5.74, 6) is -1.12. The molecule has 2 aromatic carbocycles. The van der Waals surface area contributed by atoms with E-state index in [1.807, 2.05) is 12.1 Å². The lowest BCUT2D eigenvalue weighted by Gasteiger charge is -2.37. The molecule has 0 spiro atoms. The molecule has 5 nitrogen and oxygen atoms in total. The highest BCUT2D eigenvalue weighted by Gasteiger charge is 2.30. The molecule has 2 aromatic rings. The van der Waals surface area contributed by atoms with Crippen molar-refractivity contribution in [2.75, 3.05) is 45.2 Å². The number of likely N-dealkylation sites (tertiary alicyclic amines) is 1. The van der Waals surface area contributed by atoms with Crippen molar-refractivity contribution < 1.29 is 18.4 Å². The first-order valence-corrected chi connectivity index (χ1v) is 12.6. The van der Waals surface area contributed by atoms with E-state index in [0.29, 0.717) is 35.5 Å². The smallest absolute Gasteiger partial charge is 0.259 e. The minimum atomic E-state index is -0.802. The highest BCUT2D eigenvalue weighted by atomic mass is 35.5. The summed E-state index contributed by atoms with van der Waals surface area (Å²) in [6, 6.07) is 9.17. The van der Waals surface area contributed by atoms with Crippen LogP contribution in [0.25, 0.3) is 0 Å². The Morgan fingerprint density at radius 1 is 0.943 bits per heavy atom. The van der Waals surface area contributed by atoms with Gasteiger partial charge in [0.15, 0.2) is 0 Å². The van der Waals surface area contributed by atoms with Gasteiger partial charge in [-0.2, -0.15) is 0 Å². The Morgan fingerprint density at radius 2 is 1.51 bits per heavy atom. The Bertz CT molecular complexity index is 1060. The summed E-state index contributed by atoms with van der Waals surface area (Å²) >= 11 is 6.39. The number of carbonyl (C=O) groups excluding carboxylic acids is 2. The standard InChI is InChI=1S/C27H32ClF2N3O2/c1-31(2)26(34)21-7-6-20(17-22(21)28)32-12-8-18(9-13-32)16-19-10-14-33(15-11-19)27(35)25-23(29)4-3-5-24(25)30/h3-7,17-19H,8-16H2,1-2H3. The lowest BCUT2D eigenvalue weighted by Crippen LogP contribution is -2.40. The molecule has 8 heteroatoms. The molecule has 0 unspecified atom stereocenters. The van der Waals surface area contributed by atoms with Gasteiger partial charge in [0.25, 0.3) is 11.8 Å². The molecule has 0 atom stereocenters. The zero-order valence-corrected chi connectivity index (χ0v) is 21.0. The molecule has 2 heterocycles. The number of carbonyl (C=O) groups is 2. The molecule has 35 heavy (non-hydrogen) atoms. The van der Waals surface area contributed by atoms with Crippen LogP contribution in [0, 0.1) is 23.5 Å². The van der Waals surface area contributed by atoms with E-state index in [-0.39, 0.29) is 5.91 Å². The van der Waals surface area contributed by atoms with Crippen LogP contribution in [-0.2, 0) is 0 Å². The Morgan fingerprint density at radius 3 is 2.06 bits per heavy atom. The van der Waals surface area contributed by atoms with E-state index < -0.39 is 23.1 Å². The van der Waals surface area contributed by atoms with Crippen molar-refractivity contribution >= 4 is 29.1 Å². The summed E-state index contributed by atoms with van der Waals surface area (Å²) in [6.45, 7) is 2.94. The molecule has 2 fully saturated rings. The van der Waals surface area contributed by atoms with Crippen LogP contribution in [0.4, 0.5) is 14.5 Å². The zero-order valence-electron chi connectivity index (χ0n) is 20.3. The average molecular weight is 504 g/mol. The molecule has 0 N–H and O–H groups in total. The second-order valence-corrected chi connectivity index (χ2v) is 10.3. The van der Waals surface area contributed by atoms with Gasteiger partial charge in [0.1, 0.15) is 17.2 Å². The minimum Gasteiger partial charge on any atom is -0.371 e. The molecule has 2 amide bonds. The normalized spacial score (nSPS) is 17.5. The molecule has 4 rings (SSSR count). The highest BCUT2D eigenvalue weighted by Crippen LogP contribution is 2.33. The molecule has 2 aliphatic rings. The fourth-order valence-corrected chi connectivity index (χ4v) is 5.50. The number of rotatable bonds is 5. The van der Waals surface area contributed by atoms with Crippen molar-refractivity contribution in [1.29, 1.82) is 0 Å². The number of amides is 2. The first-order chi connectivity index (χ1) is 16.7. The first kappa shape index (κ1) is 25.4. The Labute approximate surface area is 210 Å². The largest absolute Gasteiger partial charge is 0.371 e. The van der Waals surface area contributed by atoms with Gasteiger partial charge in [0.05, 0.1) is 10.6 Å². The summed E-state index contributed by atoms with van der Waals surface area (Å²) in [5, 5.41) is 0.472. The molecule has 188 valence electrons. The van der Waals surface area contributed by atoms with Crippen LogP contribution in [0.2, 0.25) is 5.02 Å². The van der Waals surface area contributed by atoms with Gasteiger partial charge in [-0.15, -0.1) is 0 Å². The number of nitrogens with zero attached hydrogens (tertiary/aromatic N) is 3. The van der Waals surface area contributed by atoms with E-state index in [4.69, 9.17) is 11.6 Å².